The lowest BCUT2D eigenvalue weighted by atomic mass is 10.2. The van der Waals surface area contributed by atoms with E-state index in [1.807, 2.05) is 18.2 Å². The molecule has 0 bridgehead atoms. The normalized spacial score (nSPS) is 14.0. The second-order valence-corrected chi connectivity index (χ2v) is 6.90. The smallest absolute Gasteiger partial charge is 0.260 e. The van der Waals surface area contributed by atoms with Crippen LogP contribution in [0.5, 0.6) is 5.75 Å². The second kappa shape index (κ2) is 9.00. The maximum absolute atomic E-state index is 12.3. The quantitative estimate of drug-likeness (QED) is 0.689. The molecule has 1 N–H and O–H groups in total. The van der Waals surface area contributed by atoms with Crippen molar-refractivity contribution in [3.8, 4) is 5.75 Å². The molecule has 3 rings (SSSR count). The van der Waals surface area contributed by atoms with Crippen molar-refractivity contribution in [1.29, 1.82) is 0 Å². The molecule has 0 aromatic heterocycles. The average Bonchev–Trinajstić information content (AvgIpc) is 2.68. The highest BCUT2D eigenvalue weighted by Gasteiger charge is 2.17. The van der Waals surface area contributed by atoms with Crippen LogP contribution >= 0.6 is 22.6 Å². The van der Waals surface area contributed by atoms with Gasteiger partial charge in [0, 0.05) is 22.3 Å². The number of nitrogens with zero attached hydrogens (tertiary/aromatic N) is 1. The highest BCUT2D eigenvalue weighted by molar-refractivity contribution is 14.1. The first-order valence-corrected chi connectivity index (χ1v) is 9.35. The van der Waals surface area contributed by atoms with Crippen LogP contribution in [0, 0.1) is 3.57 Å². The maximum atomic E-state index is 12.3. The second-order valence-electron chi connectivity index (χ2n) is 5.74. The fourth-order valence-electron chi connectivity index (χ4n) is 2.53. The molecule has 0 aliphatic carbocycles. The molecule has 0 spiro atoms. The number of anilines is 1. The zero-order valence-corrected chi connectivity index (χ0v) is 16.3. The first-order chi connectivity index (χ1) is 12.6. The van der Waals surface area contributed by atoms with Crippen molar-refractivity contribution in [3.05, 3.63) is 57.7 Å². The molecule has 0 radical (unpaired) electrons. The Labute approximate surface area is 165 Å². The van der Waals surface area contributed by atoms with Crippen LogP contribution in [0.15, 0.2) is 48.5 Å². The van der Waals surface area contributed by atoms with Gasteiger partial charge in [-0.2, -0.15) is 0 Å². The Balaban J connectivity index is 1.52. The summed E-state index contributed by atoms with van der Waals surface area (Å²) < 4.78 is 11.7. The summed E-state index contributed by atoms with van der Waals surface area (Å²) in [5, 5.41) is 2.85. The lowest BCUT2D eigenvalue weighted by Crippen LogP contribution is -2.42. The molecule has 1 saturated heterocycles. The summed E-state index contributed by atoms with van der Waals surface area (Å²) in [7, 11) is 0. The topological polar surface area (TPSA) is 67.9 Å². The van der Waals surface area contributed by atoms with Gasteiger partial charge in [0.05, 0.1) is 18.8 Å². The number of halogens is 1. The molecular formula is C19H19IN2O4. The third-order valence-corrected chi connectivity index (χ3v) is 4.90. The van der Waals surface area contributed by atoms with Gasteiger partial charge in [0.25, 0.3) is 11.8 Å². The van der Waals surface area contributed by atoms with E-state index in [1.165, 1.54) is 0 Å². The summed E-state index contributed by atoms with van der Waals surface area (Å²) in [5.74, 6) is 0.370. The molecule has 2 aromatic carbocycles. The van der Waals surface area contributed by atoms with Gasteiger partial charge in [-0.05, 0) is 59.0 Å². The molecule has 26 heavy (non-hydrogen) atoms. The molecule has 2 amide bonds. The van der Waals surface area contributed by atoms with Gasteiger partial charge in [-0.3, -0.25) is 9.59 Å². The number of morpholine rings is 1. The van der Waals surface area contributed by atoms with Crippen LogP contribution in [0.25, 0.3) is 0 Å². The van der Waals surface area contributed by atoms with E-state index >= 15 is 0 Å². The molecule has 1 fully saturated rings. The Kier molecular flexibility index (Phi) is 6.45. The first-order valence-electron chi connectivity index (χ1n) is 8.28. The van der Waals surface area contributed by atoms with E-state index in [9.17, 15) is 9.59 Å². The summed E-state index contributed by atoms with van der Waals surface area (Å²) in [4.78, 5) is 26.1. The van der Waals surface area contributed by atoms with Crippen molar-refractivity contribution < 1.29 is 19.1 Å². The summed E-state index contributed by atoms with van der Waals surface area (Å²) in [6.45, 7) is 2.34. The molecular weight excluding hydrogens is 447 g/mol. The molecule has 2 aromatic rings. The minimum Gasteiger partial charge on any atom is -0.484 e. The van der Waals surface area contributed by atoms with Crippen molar-refractivity contribution in [1.82, 2.24) is 4.90 Å². The number of hydrogen-bond acceptors (Lipinski definition) is 4. The number of ether oxygens (including phenoxy) is 2. The molecule has 0 saturated carbocycles. The van der Waals surface area contributed by atoms with Gasteiger partial charge < -0.3 is 19.7 Å². The molecule has 1 heterocycles. The summed E-state index contributed by atoms with van der Waals surface area (Å²) in [6, 6.07) is 14.4. The third kappa shape index (κ3) is 4.95. The Morgan fingerprint density at radius 1 is 1.08 bits per heavy atom. The zero-order valence-electron chi connectivity index (χ0n) is 14.1. The van der Waals surface area contributed by atoms with Crippen LogP contribution in [0.4, 0.5) is 5.69 Å². The number of nitrogens with one attached hydrogen (secondary N) is 1. The number of carbonyl (C=O) groups excluding carboxylic acids is 2. The van der Waals surface area contributed by atoms with E-state index in [0.717, 1.165) is 3.57 Å². The molecule has 0 unspecified atom stereocenters. The van der Waals surface area contributed by atoms with Gasteiger partial charge in [0.15, 0.2) is 6.61 Å². The predicted molar refractivity (Wildman–Crippen MR) is 106 cm³/mol. The number of benzene rings is 2. The Morgan fingerprint density at radius 3 is 2.46 bits per heavy atom. The van der Waals surface area contributed by atoms with E-state index in [4.69, 9.17) is 9.47 Å². The van der Waals surface area contributed by atoms with Crippen molar-refractivity contribution in [2.45, 2.75) is 0 Å². The van der Waals surface area contributed by atoms with E-state index in [2.05, 4.69) is 27.9 Å². The fourth-order valence-corrected chi connectivity index (χ4v) is 3.16. The van der Waals surface area contributed by atoms with Gasteiger partial charge in [-0.15, -0.1) is 0 Å². The minimum atomic E-state index is -0.161. The standard InChI is InChI=1S/C19H19IN2O4/c20-17-4-2-1-3-16(17)19(24)21-14-5-7-15(8-6-14)26-13-18(23)22-9-11-25-12-10-22/h1-8H,9-13H2,(H,21,24). The van der Waals surface area contributed by atoms with Crippen molar-refractivity contribution in [3.63, 3.8) is 0 Å². The monoisotopic (exact) mass is 466 g/mol. The van der Waals surface area contributed by atoms with Crippen LogP contribution in [0.3, 0.4) is 0 Å². The van der Waals surface area contributed by atoms with Crippen LogP contribution in [0.2, 0.25) is 0 Å². The van der Waals surface area contributed by atoms with Crippen molar-refractivity contribution in [2.75, 3.05) is 38.2 Å². The summed E-state index contributed by atoms with van der Waals surface area (Å²) in [6.07, 6.45) is 0. The molecule has 136 valence electrons. The minimum absolute atomic E-state index is 0.00604. The molecule has 7 heteroatoms. The number of carbonyl (C=O) groups is 2. The van der Waals surface area contributed by atoms with Crippen LogP contribution in [0.1, 0.15) is 10.4 Å². The third-order valence-electron chi connectivity index (χ3n) is 3.96. The predicted octanol–water partition coefficient (Wildman–Crippen LogP) is 2.78. The van der Waals surface area contributed by atoms with E-state index < -0.39 is 0 Å². The molecule has 6 nitrogen and oxygen atoms in total. The molecule has 1 aliphatic rings. The number of amides is 2. The highest BCUT2D eigenvalue weighted by atomic mass is 127. The maximum Gasteiger partial charge on any atom is 0.260 e. The van der Waals surface area contributed by atoms with Crippen molar-refractivity contribution >= 4 is 40.1 Å². The lowest BCUT2D eigenvalue weighted by Gasteiger charge is -2.26. The Morgan fingerprint density at radius 2 is 1.77 bits per heavy atom. The van der Waals surface area contributed by atoms with Crippen LogP contribution in [-0.2, 0) is 9.53 Å². The largest absolute Gasteiger partial charge is 0.484 e. The Bertz CT molecular complexity index is 773. The van der Waals surface area contributed by atoms with Gasteiger partial charge in [-0.25, -0.2) is 0 Å². The van der Waals surface area contributed by atoms with Crippen LogP contribution in [-0.4, -0.2) is 49.6 Å². The van der Waals surface area contributed by atoms with Gasteiger partial charge in [0.2, 0.25) is 0 Å². The van der Waals surface area contributed by atoms with Gasteiger partial charge in [0.1, 0.15) is 5.75 Å². The number of hydrogen-bond donors (Lipinski definition) is 1. The average molecular weight is 466 g/mol. The van der Waals surface area contributed by atoms with Gasteiger partial charge >= 0.3 is 0 Å². The summed E-state index contributed by atoms with van der Waals surface area (Å²) >= 11 is 2.13. The van der Waals surface area contributed by atoms with Crippen LogP contribution < -0.4 is 10.1 Å². The summed E-state index contributed by atoms with van der Waals surface area (Å²) in [5.41, 5.74) is 1.30. The molecule has 0 atom stereocenters. The zero-order chi connectivity index (χ0) is 18.4. The van der Waals surface area contributed by atoms with E-state index in [0.29, 0.717) is 43.3 Å². The SMILES string of the molecule is O=C(Nc1ccc(OCC(=O)N2CCOCC2)cc1)c1ccccc1I. The van der Waals surface area contributed by atoms with E-state index in [1.54, 1.807) is 35.2 Å². The Hall–Kier alpha value is -2.13. The molecule has 1 aliphatic heterocycles. The first kappa shape index (κ1) is 18.7. The van der Waals surface area contributed by atoms with E-state index in [-0.39, 0.29) is 18.4 Å². The highest BCUT2D eigenvalue weighted by Crippen LogP contribution is 2.18. The van der Waals surface area contributed by atoms with Gasteiger partial charge in [-0.1, -0.05) is 12.1 Å². The number of rotatable bonds is 5. The fraction of sp³-hybridized carbons (Fsp3) is 0.263. The lowest BCUT2D eigenvalue weighted by molar-refractivity contribution is -0.137. The van der Waals surface area contributed by atoms with Crippen molar-refractivity contribution in [2.24, 2.45) is 0 Å².